The van der Waals surface area contributed by atoms with Gasteiger partial charge in [0.1, 0.15) is 11.6 Å². The summed E-state index contributed by atoms with van der Waals surface area (Å²) >= 11 is 0. The summed E-state index contributed by atoms with van der Waals surface area (Å²) in [7, 11) is 0. The molecule has 3 N–H and O–H groups in total. The zero-order valence-corrected chi connectivity index (χ0v) is 8.38. The van der Waals surface area contributed by atoms with Crippen molar-refractivity contribution in [2.45, 2.75) is 5.92 Å². The van der Waals surface area contributed by atoms with Crippen molar-refractivity contribution >= 4 is 5.82 Å². The third-order valence-electron chi connectivity index (χ3n) is 2.92. The minimum absolute atomic E-state index is 0.00870. The van der Waals surface area contributed by atoms with Crippen LogP contribution in [0.4, 0.5) is 10.2 Å². The first-order valence-corrected chi connectivity index (χ1v) is 5.05. The summed E-state index contributed by atoms with van der Waals surface area (Å²) < 4.78 is 12.8. The Bertz CT molecular complexity index is 570. The average molecular weight is 219 g/mol. The summed E-state index contributed by atoms with van der Waals surface area (Å²) in [6.45, 7) is 0.663. The van der Waals surface area contributed by atoms with E-state index in [0.29, 0.717) is 12.1 Å². The molecule has 4 nitrogen and oxygen atoms in total. The molecule has 0 unspecified atom stereocenters. The van der Waals surface area contributed by atoms with Gasteiger partial charge >= 0.3 is 0 Å². The lowest BCUT2D eigenvalue weighted by Gasteiger charge is -2.08. The second kappa shape index (κ2) is 3.23. The summed E-state index contributed by atoms with van der Waals surface area (Å²) in [6, 6.07) is 6.24. The van der Waals surface area contributed by atoms with Gasteiger partial charge in [-0.3, -0.25) is 15.0 Å². The van der Waals surface area contributed by atoms with Gasteiger partial charge in [0.15, 0.2) is 0 Å². The van der Waals surface area contributed by atoms with Crippen molar-refractivity contribution in [1.82, 2.24) is 10.2 Å². The number of hydrogen-bond donors (Lipinski definition) is 3. The number of aromatic nitrogens is 2. The van der Waals surface area contributed by atoms with Crippen molar-refractivity contribution in [2.75, 3.05) is 11.9 Å². The highest BCUT2D eigenvalue weighted by atomic mass is 19.1. The number of fused-ring (bicyclic) bond motifs is 1. The van der Waals surface area contributed by atoms with E-state index < -0.39 is 0 Å². The molecule has 1 aliphatic heterocycles. The van der Waals surface area contributed by atoms with E-state index in [0.717, 1.165) is 11.4 Å². The highest BCUT2D eigenvalue weighted by molar-refractivity contribution is 5.54. The number of nitrogens with one attached hydrogen (secondary N) is 3. The molecule has 2 heterocycles. The van der Waals surface area contributed by atoms with E-state index in [-0.39, 0.29) is 17.3 Å². The van der Waals surface area contributed by atoms with Crippen molar-refractivity contribution in [2.24, 2.45) is 0 Å². The molecule has 2 aromatic rings. The largest absolute Gasteiger partial charge is 0.369 e. The van der Waals surface area contributed by atoms with Crippen molar-refractivity contribution < 1.29 is 4.39 Å². The van der Waals surface area contributed by atoms with E-state index in [1.54, 1.807) is 12.1 Å². The van der Waals surface area contributed by atoms with Crippen LogP contribution in [0, 0.1) is 5.82 Å². The monoisotopic (exact) mass is 219 g/mol. The highest BCUT2D eigenvalue weighted by Gasteiger charge is 2.28. The number of halogens is 1. The molecule has 5 heteroatoms. The van der Waals surface area contributed by atoms with Crippen LogP contribution in [-0.2, 0) is 0 Å². The van der Waals surface area contributed by atoms with Crippen molar-refractivity contribution in [1.29, 1.82) is 0 Å². The summed E-state index contributed by atoms with van der Waals surface area (Å²) in [5, 5.41) is 8.41. The van der Waals surface area contributed by atoms with Gasteiger partial charge in [0.2, 0.25) is 0 Å². The van der Waals surface area contributed by atoms with E-state index in [2.05, 4.69) is 15.5 Å². The molecule has 1 aromatic carbocycles. The lowest BCUT2D eigenvalue weighted by atomic mass is 9.95. The fourth-order valence-electron chi connectivity index (χ4n) is 2.13. The normalized spacial score (nSPS) is 18.2. The van der Waals surface area contributed by atoms with Gasteiger partial charge in [0.25, 0.3) is 5.56 Å². The number of benzene rings is 1. The lowest BCUT2D eigenvalue weighted by molar-refractivity contribution is 0.626. The van der Waals surface area contributed by atoms with Gasteiger partial charge in [-0.15, -0.1) is 0 Å². The Morgan fingerprint density at radius 1 is 1.19 bits per heavy atom. The zero-order chi connectivity index (χ0) is 11.1. The van der Waals surface area contributed by atoms with Gasteiger partial charge in [0.05, 0.1) is 5.56 Å². The van der Waals surface area contributed by atoms with Crippen LogP contribution < -0.4 is 10.9 Å². The summed E-state index contributed by atoms with van der Waals surface area (Å²) in [4.78, 5) is 11.6. The maximum atomic E-state index is 12.8. The Balaban J connectivity index is 2.07. The molecule has 0 fully saturated rings. The van der Waals surface area contributed by atoms with Crippen LogP contribution in [-0.4, -0.2) is 16.7 Å². The molecule has 0 spiro atoms. The topological polar surface area (TPSA) is 60.7 Å². The van der Waals surface area contributed by atoms with Crippen molar-refractivity contribution in [3.05, 3.63) is 51.6 Å². The van der Waals surface area contributed by atoms with Gasteiger partial charge in [-0.2, -0.15) is 0 Å². The first kappa shape index (κ1) is 9.21. The number of aromatic amines is 2. The molecule has 1 aliphatic rings. The predicted octanol–water partition coefficient (Wildman–Crippen LogP) is 1.40. The first-order chi connectivity index (χ1) is 7.75. The molecule has 0 saturated heterocycles. The van der Waals surface area contributed by atoms with Crippen molar-refractivity contribution in [3.63, 3.8) is 0 Å². The number of rotatable bonds is 1. The number of anilines is 1. The summed E-state index contributed by atoms with van der Waals surface area (Å²) in [5.74, 6) is 0.461. The maximum Gasteiger partial charge on any atom is 0.269 e. The van der Waals surface area contributed by atoms with E-state index in [1.807, 2.05) is 0 Å². The van der Waals surface area contributed by atoms with Gasteiger partial charge in [-0.25, -0.2) is 4.39 Å². The molecule has 1 atom stereocenters. The number of hydrogen-bond acceptors (Lipinski definition) is 2. The van der Waals surface area contributed by atoms with Gasteiger partial charge in [0, 0.05) is 12.5 Å². The molecule has 16 heavy (non-hydrogen) atoms. The summed E-state index contributed by atoms with van der Waals surface area (Å²) in [5.41, 5.74) is 1.53. The van der Waals surface area contributed by atoms with Crippen LogP contribution >= 0.6 is 0 Å². The van der Waals surface area contributed by atoms with Crippen LogP contribution in [0.15, 0.2) is 29.1 Å². The molecular formula is C11H10FN3O. The molecule has 3 rings (SSSR count). The fraction of sp³-hybridized carbons (Fsp3) is 0.182. The SMILES string of the molecule is O=c1[nH][nH]c2c1[C@H](c1ccc(F)cc1)CN2. The maximum absolute atomic E-state index is 12.8. The summed E-state index contributed by atoms with van der Waals surface area (Å²) in [6.07, 6.45) is 0. The van der Waals surface area contributed by atoms with Crippen LogP contribution in [0.2, 0.25) is 0 Å². The standard InChI is InChI=1S/C11H10FN3O/c12-7-3-1-6(2-4-7)8-5-13-10-9(8)11(16)15-14-10/h1-4,8H,5H2,(H3,13,14,15,16)/t8-/m0/s1. The minimum atomic E-state index is -0.266. The minimum Gasteiger partial charge on any atom is -0.369 e. The Morgan fingerprint density at radius 2 is 1.94 bits per heavy atom. The molecule has 0 saturated carbocycles. The Kier molecular flexibility index (Phi) is 1.86. The Morgan fingerprint density at radius 3 is 2.69 bits per heavy atom. The molecule has 0 amide bonds. The van der Waals surface area contributed by atoms with Gasteiger partial charge in [-0.1, -0.05) is 12.1 Å². The number of H-pyrrole nitrogens is 2. The quantitative estimate of drug-likeness (QED) is 0.679. The predicted molar refractivity (Wildman–Crippen MR) is 58.1 cm³/mol. The van der Waals surface area contributed by atoms with E-state index in [9.17, 15) is 9.18 Å². The van der Waals surface area contributed by atoms with E-state index >= 15 is 0 Å². The first-order valence-electron chi connectivity index (χ1n) is 5.05. The smallest absolute Gasteiger partial charge is 0.269 e. The van der Waals surface area contributed by atoms with Crippen LogP contribution in [0.5, 0.6) is 0 Å². The second-order valence-corrected chi connectivity index (χ2v) is 3.85. The van der Waals surface area contributed by atoms with Crippen LogP contribution in [0.3, 0.4) is 0 Å². The Hall–Kier alpha value is -2.04. The van der Waals surface area contributed by atoms with E-state index in [4.69, 9.17) is 0 Å². The third-order valence-corrected chi connectivity index (χ3v) is 2.92. The molecular weight excluding hydrogens is 209 g/mol. The third kappa shape index (κ3) is 1.25. The van der Waals surface area contributed by atoms with Crippen LogP contribution in [0.1, 0.15) is 17.0 Å². The average Bonchev–Trinajstić information content (AvgIpc) is 2.84. The molecule has 0 aliphatic carbocycles. The fourth-order valence-corrected chi connectivity index (χ4v) is 2.13. The molecule has 82 valence electrons. The molecule has 0 bridgehead atoms. The lowest BCUT2D eigenvalue weighted by Crippen LogP contribution is -2.13. The molecule has 1 aromatic heterocycles. The van der Waals surface area contributed by atoms with Crippen LogP contribution in [0.25, 0.3) is 0 Å². The van der Waals surface area contributed by atoms with Gasteiger partial charge in [-0.05, 0) is 17.7 Å². The highest BCUT2D eigenvalue weighted by Crippen LogP contribution is 2.31. The molecule has 0 radical (unpaired) electrons. The van der Waals surface area contributed by atoms with Gasteiger partial charge < -0.3 is 5.32 Å². The van der Waals surface area contributed by atoms with E-state index in [1.165, 1.54) is 12.1 Å². The zero-order valence-electron chi connectivity index (χ0n) is 8.38. The second-order valence-electron chi connectivity index (χ2n) is 3.85. The Labute approximate surface area is 90.5 Å². The van der Waals surface area contributed by atoms with Crippen molar-refractivity contribution in [3.8, 4) is 0 Å².